The fourth-order valence-electron chi connectivity index (χ4n) is 8.56. The monoisotopic (exact) mass is 805 g/mol. The molecule has 2 unspecified atom stereocenters. The van der Waals surface area contributed by atoms with E-state index < -0.39 is 14.7 Å². The van der Waals surface area contributed by atoms with Crippen molar-refractivity contribution in [2.75, 3.05) is 37.9 Å². The van der Waals surface area contributed by atoms with Crippen LogP contribution in [0.1, 0.15) is 261 Å². The Morgan fingerprint density at radius 3 is 0.889 bits per heavy atom. The molecule has 0 aromatic carbocycles. The van der Waals surface area contributed by atoms with Crippen molar-refractivity contribution in [3.63, 3.8) is 0 Å². The SMILES string of the molecule is CCCCCCCCP(CCCCCCCC)(CCCCCCCC)(CCCCCCCC)OP(=O)(OCC(CC)CCCC)OCC(CC)CCCC. The predicted octanol–water partition coefficient (Wildman–Crippen LogP) is 18.5. The quantitative estimate of drug-likeness (QED) is 0.0454. The first kappa shape index (κ1) is 54.5. The average molecular weight is 805 g/mol. The van der Waals surface area contributed by atoms with Crippen molar-refractivity contribution in [3.8, 4) is 0 Å². The number of hydrogen-bond donors (Lipinski definition) is 0. The molecule has 0 fully saturated rings. The normalized spacial score (nSPS) is 15.2. The van der Waals surface area contributed by atoms with Crippen molar-refractivity contribution < 1.29 is 17.9 Å². The van der Waals surface area contributed by atoms with Crippen LogP contribution in [0, 0.1) is 11.8 Å². The number of phosphoric acid groups is 1. The van der Waals surface area contributed by atoms with Gasteiger partial charge in [0.1, 0.15) is 0 Å². The Morgan fingerprint density at radius 2 is 0.630 bits per heavy atom. The zero-order chi connectivity index (χ0) is 40.1. The van der Waals surface area contributed by atoms with Crippen LogP contribution in [0.25, 0.3) is 0 Å². The molecule has 0 N–H and O–H groups in total. The zero-order valence-electron chi connectivity index (χ0n) is 38.6. The van der Waals surface area contributed by atoms with Gasteiger partial charge >= 0.3 is 343 Å². The molecule has 0 spiro atoms. The molecule has 0 radical (unpaired) electrons. The van der Waals surface area contributed by atoms with Crippen molar-refractivity contribution in [1.82, 2.24) is 0 Å². The molecule has 4 nitrogen and oxygen atoms in total. The maximum atomic E-state index is 15.7. The first-order valence-corrected chi connectivity index (χ1v) is 29.2. The van der Waals surface area contributed by atoms with Gasteiger partial charge in [0.2, 0.25) is 0 Å². The molecular weight excluding hydrogens is 702 g/mol. The summed E-state index contributed by atoms with van der Waals surface area (Å²) in [6.45, 7) is 16.3. The van der Waals surface area contributed by atoms with Crippen LogP contribution in [0.15, 0.2) is 0 Å². The Hall–Kier alpha value is 0.540. The van der Waals surface area contributed by atoms with E-state index in [0.29, 0.717) is 25.0 Å². The van der Waals surface area contributed by atoms with E-state index in [2.05, 4.69) is 55.4 Å². The van der Waals surface area contributed by atoms with Gasteiger partial charge in [-0.2, -0.15) is 0 Å². The molecule has 328 valence electrons. The summed E-state index contributed by atoms with van der Waals surface area (Å²) in [5.74, 6) is 0.792. The fourth-order valence-corrected chi connectivity index (χ4v) is 18.8. The molecule has 2 atom stereocenters. The summed E-state index contributed by atoms with van der Waals surface area (Å²) in [5.41, 5.74) is 0. The van der Waals surface area contributed by atoms with E-state index in [0.717, 1.165) is 50.3 Å². The molecule has 0 saturated heterocycles. The van der Waals surface area contributed by atoms with Gasteiger partial charge in [-0.25, -0.2) is 0 Å². The fraction of sp³-hybridized carbons (Fsp3) is 1.00. The van der Waals surface area contributed by atoms with E-state index in [1.54, 1.807) is 0 Å². The van der Waals surface area contributed by atoms with E-state index >= 15 is 4.57 Å². The van der Waals surface area contributed by atoms with E-state index in [1.807, 2.05) is 0 Å². The van der Waals surface area contributed by atoms with Crippen LogP contribution >= 0.6 is 14.7 Å². The third kappa shape index (κ3) is 27.3. The summed E-state index contributed by atoms with van der Waals surface area (Å²) in [6.07, 6.45) is 44.4. The molecule has 6 heteroatoms. The summed E-state index contributed by atoms with van der Waals surface area (Å²) in [4.78, 5) is 0. The van der Waals surface area contributed by atoms with Crippen LogP contribution in [0.2, 0.25) is 0 Å². The Balaban J connectivity index is 7.06. The van der Waals surface area contributed by atoms with Crippen LogP contribution in [0.4, 0.5) is 0 Å². The third-order valence-corrected chi connectivity index (χ3v) is 22.0. The maximum absolute atomic E-state index is 15.7. The van der Waals surface area contributed by atoms with Crippen molar-refractivity contribution in [1.29, 1.82) is 0 Å². The molecule has 54 heavy (non-hydrogen) atoms. The Kier molecular flexibility index (Phi) is 37.0. The van der Waals surface area contributed by atoms with Gasteiger partial charge in [0.25, 0.3) is 0 Å². The van der Waals surface area contributed by atoms with Crippen LogP contribution in [0.3, 0.4) is 0 Å². The van der Waals surface area contributed by atoms with Gasteiger partial charge in [0.05, 0.1) is 0 Å². The van der Waals surface area contributed by atoms with E-state index in [9.17, 15) is 0 Å². The van der Waals surface area contributed by atoms with Gasteiger partial charge in [-0.1, -0.05) is 0 Å². The third-order valence-electron chi connectivity index (χ3n) is 12.7. The Labute approximate surface area is 342 Å². The van der Waals surface area contributed by atoms with Crippen LogP contribution in [0.5, 0.6) is 0 Å². The van der Waals surface area contributed by atoms with E-state index in [4.69, 9.17) is 13.4 Å². The number of hydrogen-bond acceptors (Lipinski definition) is 4. The molecule has 0 rings (SSSR count). The van der Waals surface area contributed by atoms with Gasteiger partial charge in [0.15, 0.2) is 0 Å². The van der Waals surface area contributed by atoms with E-state index in [-0.39, 0.29) is 0 Å². The second kappa shape index (κ2) is 36.6. The molecule has 0 aliphatic carbocycles. The van der Waals surface area contributed by atoms with Gasteiger partial charge in [0, 0.05) is 0 Å². The minimum absolute atomic E-state index is 0.396. The van der Waals surface area contributed by atoms with Gasteiger partial charge < -0.3 is 0 Å². The van der Waals surface area contributed by atoms with E-state index in [1.165, 1.54) is 180 Å². The summed E-state index contributed by atoms with van der Waals surface area (Å²) in [7, 11) is -3.81. The zero-order valence-corrected chi connectivity index (χ0v) is 40.3. The molecule has 0 amide bonds. The second-order valence-electron chi connectivity index (χ2n) is 17.8. The first-order valence-electron chi connectivity index (χ1n) is 24.9. The Morgan fingerprint density at radius 1 is 0.370 bits per heavy atom. The molecule has 0 bridgehead atoms. The van der Waals surface area contributed by atoms with Crippen LogP contribution in [-0.2, 0) is 17.9 Å². The molecular formula is C48H102O4P2. The first-order chi connectivity index (χ1) is 26.2. The van der Waals surface area contributed by atoms with Crippen molar-refractivity contribution >= 4 is 14.7 Å². The Bertz CT molecular complexity index is 736. The molecule has 0 aromatic rings. The summed E-state index contributed by atoms with van der Waals surface area (Å²) < 4.78 is 36.9. The van der Waals surface area contributed by atoms with Gasteiger partial charge in [-0.3, -0.25) is 0 Å². The van der Waals surface area contributed by atoms with Gasteiger partial charge in [-0.15, -0.1) is 0 Å². The standard InChI is InChI=1S/C48H102O4P2/c1-9-17-23-27-31-35-41-54(42-36-32-28-24-18-10-2,43-37-33-29-25-19-11-3,44-38-34-30-26-20-12-4)52-53(49,50-45-47(15-7)39-21-13-5)51-46-48(16-8)40-22-14-6/h47-48H,9-46H2,1-8H3. The molecule has 0 aliphatic rings. The van der Waals surface area contributed by atoms with Crippen LogP contribution < -0.4 is 0 Å². The minimum atomic E-state index is -3.81. The summed E-state index contributed by atoms with van der Waals surface area (Å²) in [5, 5.41) is 0. The van der Waals surface area contributed by atoms with Crippen LogP contribution in [-0.4, -0.2) is 37.9 Å². The molecule has 0 aliphatic heterocycles. The number of rotatable bonds is 44. The van der Waals surface area contributed by atoms with Crippen molar-refractivity contribution in [2.24, 2.45) is 11.8 Å². The van der Waals surface area contributed by atoms with Crippen molar-refractivity contribution in [3.05, 3.63) is 0 Å². The topological polar surface area (TPSA) is 44.8 Å². The molecule has 0 heterocycles. The second-order valence-corrected chi connectivity index (χ2v) is 25.3. The average Bonchev–Trinajstić information content (AvgIpc) is 3.17. The molecule has 0 aromatic heterocycles. The number of phosphoric ester groups is 1. The number of unbranched alkanes of at least 4 members (excludes halogenated alkanes) is 22. The summed E-state index contributed by atoms with van der Waals surface area (Å²) in [6, 6.07) is 0. The molecule has 0 saturated carbocycles. The summed E-state index contributed by atoms with van der Waals surface area (Å²) >= 11 is 0. The van der Waals surface area contributed by atoms with Crippen molar-refractivity contribution in [2.45, 2.75) is 261 Å². The predicted molar refractivity (Wildman–Crippen MR) is 247 cm³/mol. The van der Waals surface area contributed by atoms with Gasteiger partial charge in [-0.05, 0) is 0 Å².